The first-order chi connectivity index (χ1) is 16.5. The van der Waals surface area contributed by atoms with Gasteiger partial charge < -0.3 is 10.6 Å². The molecule has 0 saturated carbocycles. The second-order valence-electron chi connectivity index (χ2n) is 8.06. The normalized spacial score (nSPS) is 17.6. The number of benzene rings is 2. The monoisotopic (exact) mass is 493 g/mol. The molecule has 0 spiro atoms. The molecule has 1 fully saturated rings. The summed E-state index contributed by atoms with van der Waals surface area (Å²) in [5.74, 6) is -0.815. The van der Waals surface area contributed by atoms with Gasteiger partial charge in [0.25, 0.3) is 5.91 Å². The van der Waals surface area contributed by atoms with Crippen LogP contribution in [0.25, 0.3) is 10.6 Å². The van der Waals surface area contributed by atoms with Crippen LogP contribution in [0.5, 0.6) is 0 Å². The highest BCUT2D eigenvalue weighted by Gasteiger charge is 2.33. The first-order valence-corrected chi connectivity index (χ1v) is 12.4. The zero-order valence-corrected chi connectivity index (χ0v) is 19.6. The standard InChI is InChI=1S/C24H20FN5O2S2/c25-18-9-14(11-26)4-6-17(18)24-28-13-16(33-24)12-27-22(31)15-5-7-21-19(10-15)29-23(32)20-3-1-2-8-30(20)34-21/h4-7,9-10,13,20H,1-3,8,12H2,(H,27,31)(H,29,32)/t20-/m1/s1. The van der Waals surface area contributed by atoms with Crippen molar-refractivity contribution in [1.82, 2.24) is 14.6 Å². The third-order valence-electron chi connectivity index (χ3n) is 5.78. The molecule has 172 valence electrons. The number of hydrogen-bond acceptors (Lipinski definition) is 7. The number of piperidine rings is 1. The number of fused-ring (bicyclic) bond motifs is 2. The maximum Gasteiger partial charge on any atom is 0.251 e. The first-order valence-electron chi connectivity index (χ1n) is 10.8. The number of nitrogens with one attached hydrogen (secondary N) is 2. The second-order valence-corrected chi connectivity index (χ2v) is 10.3. The van der Waals surface area contributed by atoms with Crippen molar-refractivity contribution in [2.45, 2.75) is 36.7 Å². The van der Waals surface area contributed by atoms with Crippen LogP contribution >= 0.6 is 23.3 Å². The second kappa shape index (κ2) is 9.54. The summed E-state index contributed by atoms with van der Waals surface area (Å²) in [7, 11) is 0. The molecular weight excluding hydrogens is 473 g/mol. The Kier molecular flexibility index (Phi) is 6.32. The molecule has 10 heteroatoms. The van der Waals surface area contributed by atoms with E-state index in [-0.39, 0.29) is 30.0 Å². The molecule has 0 radical (unpaired) electrons. The van der Waals surface area contributed by atoms with Gasteiger partial charge in [-0.3, -0.25) is 9.59 Å². The molecule has 1 aromatic heterocycles. The maximum atomic E-state index is 14.3. The minimum absolute atomic E-state index is 0.0317. The van der Waals surface area contributed by atoms with Crippen LogP contribution in [-0.2, 0) is 11.3 Å². The van der Waals surface area contributed by atoms with Crippen LogP contribution in [0.1, 0.15) is 40.1 Å². The molecule has 34 heavy (non-hydrogen) atoms. The number of halogens is 1. The Morgan fingerprint density at radius 1 is 1.29 bits per heavy atom. The van der Waals surface area contributed by atoms with Crippen molar-refractivity contribution in [3.63, 3.8) is 0 Å². The zero-order valence-electron chi connectivity index (χ0n) is 18.0. The van der Waals surface area contributed by atoms with Crippen LogP contribution in [-0.4, -0.2) is 33.7 Å². The highest BCUT2D eigenvalue weighted by molar-refractivity contribution is 7.97. The average molecular weight is 494 g/mol. The summed E-state index contributed by atoms with van der Waals surface area (Å²) in [5.41, 5.74) is 1.66. The summed E-state index contributed by atoms with van der Waals surface area (Å²) >= 11 is 2.84. The topological polar surface area (TPSA) is 98.1 Å². The molecule has 1 saturated heterocycles. The van der Waals surface area contributed by atoms with Gasteiger partial charge in [-0.2, -0.15) is 5.26 Å². The van der Waals surface area contributed by atoms with Gasteiger partial charge in [-0.25, -0.2) is 13.7 Å². The Hall–Kier alpha value is -3.26. The van der Waals surface area contributed by atoms with Gasteiger partial charge in [0, 0.05) is 33.6 Å². The SMILES string of the molecule is N#Cc1ccc(-c2ncc(CNC(=O)c3ccc4c(c3)NC(=O)[C@H]3CCCCN3S4)s2)c(F)c1. The molecule has 3 heterocycles. The summed E-state index contributed by atoms with van der Waals surface area (Å²) in [6.45, 7) is 1.11. The van der Waals surface area contributed by atoms with Crippen LogP contribution in [0.2, 0.25) is 0 Å². The number of thiazole rings is 1. The quantitative estimate of drug-likeness (QED) is 0.517. The van der Waals surface area contributed by atoms with Crippen LogP contribution < -0.4 is 10.6 Å². The van der Waals surface area contributed by atoms with Crippen LogP contribution in [0.15, 0.2) is 47.5 Å². The van der Waals surface area contributed by atoms with Crippen molar-refractivity contribution in [3.05, 3.63) is 64.4 Å². The number of carbonyl (C=O) groups excluding carboxylic acids is 2. The molecule has 2 aliphatic heterocycles. The maximum absolute atomic E-state index is 14.3. The predicted molar refractivity (Wildman–Crippen MR) is 129 cm³/mol. The third kappa shape index (κ3) is 4.55. The smallest absolute Gasteiger partial charge is 0.251 e. The van der Waals surface area contributed by atoms with E-state index in [1.54, 1.807) is 36.3 Å². The van der Waals surface area contributed by atoms with E-state index in [0.29, 0.717) is 21.8 Å². The number of rotatable bonds is 4. The summed E-state index contributed by atoms with van der Waals surface area (Å²) < 4.78 is 16.4. The van der Waals surface area contributed by atoms with E-state index < -0.39 is 5.82 Å². The lowest BCUT2D eigenvalue weighted by Crippen LogP contribution is -2.41. The van der Waals surface area contributed by atoms with Crippen molar-refractivity contribution in [1.29, 1.82) is 5.26 Å². The number of nitrogens with zero attached hydrogens (tertiary/aromatic N) is 3. The van der Waals surface area contributed by atoms with Gasteiger partial charge in [-0.05, 0) is 61.2 Å². The van der Waals surface area contributed by atoms with E-state index in [4.69, 9.17) is 5.26 Å². The first kappa shape index (κ1) is 22.5. The Labute approximate surface area is 204 Å². The van der Waals surface area contributed by atoms with Crippen LogP contribution in [0, 0.1) is 17.1 Å². The van der Waals surface area contributed by atoms with Crippen molar-refractivity contribution >= 4 is 40.8 Å². The van der Waals surface area contributed by atoms with Gasteiger partial charge in [0.15, 0.2) is 0 Å². The summed E-state index contributed by atoms with van der Waals surface area (Å²) in [4.78, 5) is 31.4. The van der Waals surface area contributed by atoms with E-state index in [9.17, 15) is 14.0 Å². The number of nitriles is 1. The molecule has 7 nitrogen and oxygen atoms in total. The van der Waals surface area contributed by atoms with Gasteiger partial charge in [0.05, 0.1) is 29.9 Å². The Morgan fingerprint density at radius 2 is 2.18 bits per heavy atom. The number of aromatic nitrogens is 1. The molecule has 2 N–H and O–H groups in total. The van der Waals surface area contributed by atoms with E-state index in [2.05, 4.69) is 19.9 Å². The van der Waals surface area contributed by atoms with Crippen molar-refractivity contribution in [2.75, 3.05) is 11.9 Å². The minimum Gasteiger partial charge on any atom is -0.347 e. The molecule has 0 aliphatic carbocycles. The third-order valence-corrected chi connectivity index (χ3v) is 8.03. The number of anilines is 1. The van der Waals surface area contributed by atoms with E-state index >= 15 is 0 Å². The van der Waals surface area contributed by atoms with Gasteiger partial charge in [-0.15, -0.1) is 11.3 Å². The summed E-state index contributed by atoms with van der Waals surface area (Å²) in [6, 6.07) is 11.3. The Morgan fingerprint density at radius 3 is 3.00 bits per heavy atom. The minimum atomic E-state index is -0.509. The summed E-state index contributed by atoms with van der Waals surface area (Å²) in [5, 5.41) is 15.2. The number of hydrogen-bond donors (Lipinski definition) is 2. The fourth-order valence-corrected chi connectivity index (χ4v) is 6.03. The van der Waals surface area contributed by atoms with Gasteiger partial charge >= 0.3 is 0 Å². The molecular formula is C24H20FN5O2S2. The lowest BCUT2D eigenvalue weighted by atomic mass is 10.0. The van der Waals surface area contributed by atoms with Gasteiger partial charge in [-0.1, -0.05) is 6.42 Å². The lowest BCUT2D eigenvalue weighted by Gasteiger charge is -2.30. The van der Waals surface area contributed by atoms with Crippen LogP contribution in [0.4, 0.5) is 10.1 Å². The summed E-state index contributed by atoms with van der Waals surface area (Å²) in [6.07, 6.45) is 4.55. The van der Waals surface area contributed by atoms with Crippen LogP contribution in [0.3, 0.4) is 0 Å². The number of amides is 2. The molecule has 1 atom stereocenters. The van der Waals surface area contributed by atoms with E-state index in [1.165, 1.54) is 23.5 Å². The van der Waals surface area contributed by atoms with Crippen molar-refractivity contribution in [3.8, 4) is 16.6 Å². The van der Waals surface area contributed by atoms with Gasteiger partial charge in [0.2, 0.25) is 5.91 Å². The van der Waals surface area contributed by atoms with E-state index in [0.717, 1.165) is 35.6 Å². The lowest BCUT2D eigenvalue weighted by molar-refractivity contribution is -0.120. The van der Waals surface area contributed by atoms with E-state index in [1.807, 2.05) is 12.1 Å². The zero-order chi connectivity index (χ0) is 23.7. The van der Waals surface area contributed by atoms with Crippen molar-refractivity contribution < 1.29 is 14.0 Å². The largest absolute Gasteiger partial charge is 0.347 e. The highest BCUT2D eigenvalue weighted by Crippen LogP contribution is 2.38. The molecule has 2 aliphatic rings. The predicted octanol–water partition coefficient (Wildman–Crippen LogP) is 4.56. The Balaban J connectivity index is 1.26. The molecule has 0 unspecified atom stereocenters. The molecule has 3 aromatic rings. The number of carbonyl (C=O) groups is 2. The van der Waals surface area contributed by atoms with Gasteiger partial charge in [0.1, 0.15) is 10.8 Å². The Bertz CT molecular complexity index is 1320. The molecule has 0 bridgehead atoms. The van der Waals surface area contributed by atoms with Crippen molar-refractivity contribution in [2.24, 2.45) is 0 Å². The average Bonchev–Trinajstić information content (AvgIpc) is 3.26. The fourth-order valence-electron chi connectivity index (χ4n) is 4.01. The molecule has 5 rings (SSSR count). The highest BCUT2D eigenvalue weighted by atomic mass is 32.2. The molecule has 2 aromatic carbocycles. The molecule has 2 amide bonds. The fraction of sp³-hybridized carbons (Fsp3) is 0.250.